The molecule has 74 valence electrons. The maximum Gasteiger partial charge on any atom is 0.220 e. The van der Waals surface area contributed by atoms with Crippen LogP contribution < -0.4 is 0 Å². The first-order valence-corrected chi connectivity index (χ1v) is 4.78. The topological polar surface area (TPSA) is 12.9 Å². The van der Waals surface area contributed by atoms with Gasteiger partial charge in [-0.15, -0.1) is 0 Å². The van der Waals surface area contributed by atoms with Crippen molar-refractivity contribution in [3.8, 4) is 0 Å². The maximum atomic E-state index is 13.0. The van der Waals surface area contributed by atoms with Crippen LogP contribution in [0.4, 0.5) is 4.39 Å². The van der Waals surface area contributed by atoms with Crippen LogP contribution in [0.25, 0.3) is 10.8 Å². The summed E-state index contributed by atoms with van der Waals surface area (Å²) in [6.07, 6.45) is 1.48. The van der Waals surface area contributed by atoms with Gasteiger partial charge in [0, 0.05) is 11.6 Å². The molecular formula is C12H14FN. The first-order valence-electron chi connectivity index (χ1n) is 4.78. The van der Waals surface area contributed by atoms with Crippen molar-refractivity contribution in [2.45, 2.75) is 20.8 Å². The summed E-state index contributed by atoms with van der Waals surface area (Å²) in [5, 5.41) is 1.49. The summed E-state index contributed by atoms with van der Waals surface area (Å²) in [6, 6.07) is 7.39. The summed E-state index contributed by atoms with van der Waals surface area (Å²) in [5.41, 5.74) is 1.13. The summed E-state index contributed by atoms with van der Waals surface area (Å²) < 4.78 is 13.0. The Balaban J connectivity index is 0.000000461. The molecule has 0 spiro atoms. The maximum absolute atomic E-state index is 13.0. The lowest BCUT2D eigenvalue weighted by molar-refractivity contribution is 0.597. The van der Waals surface area contributed by atoms with Crippen molar-refractivity contribution in [2.24, 2.45) is 0 Å². The highest BCUT2D eigenvalue weighted by atomic mass is 19.1. The summed E-state index contributed by atoms with van der Waals surface area (Å²) in [4.78, 5) is 3.57. The highest BCUT2D eigenvalue weighted by molar-refractivity contribution is 5.82. The zero-order valence-electron chi connectivity index (χ0n) is 8.71. The average molecular weight is 191 g/mol. The van der Waals surface area contributed by atoms with Crippen molar-refractivity contribution < 1.29 is 4.39 Å². The fraction of sp³-hybridized carbons (Fsp3) is 0.250. The molecule has 0 aliphatic carbocycles. The van der Waals surface area contributed by atoms with Gasteiger partial charge in [-0.3, -0.25) is 0 Å². The normalized spacial score (nSPS) is 9.43. The largest absolute Gasteiger partial charge is 0.228 e. The number of benzene rings is 1. The van der Waals surface area contributed by atoms with Gasteiger partial charge >= 0.3 is 0 Å². The minimum absolute atomic E-state index is 0.396. The molecule has 0 aliphatic heterocycles. The SMILES string of the molecule is CC.Cc1ccc2c(F)nccc2c1. The number of nitrogens with zero attached hydrogens (tertiary/aromatic N) is 1. The summed E-state index contributed by atoms with van der Waals surface area (Å²) >= 11 is 0. The predicted octanol–water partition coefficient (Wildman–Crippen LogP) is 3.71. The second-order valence-electron chi connectivity index (χ2n) is 2.83. The van der Waals surface area contributed by atoms with Crippen LogP contribution >= 0.6 is 0 Å². The Bertz CT molecular complexity index is 424. The van der Waals surface area contributed by atoms with Gasteiger partial charge in [-0.05, 0) is 24.4 Å². The Morgan fingerprint density at radius 1 is 1.14 bits per heavy atom. The molecule has 0 bridgehead atoms. The van der Waals surface area contributed by atoms with E-state index in [1.54, 1.807) is 6.07 Å². The van der Waals surface area contributed by atoms with E-state index >= 15 is 0 Å². The van der Waals surface area contributed by atoms with Crippen molar-refractivity contribution in [2.75, 3.05) is 0 Å². The molecule has 0 atom stereocenters. The molecule has 14 heavy (non-hydrogen) atoms. The van der Waals surface area contributed by atoms with E-state index in [-0.39, 0.29) is 0 Å². The third kappa shape index (κ3) is 2.08. The highest BCUT2D eigenvalue weighted by Gasteiger charge is 1.99. The van der Waals surface area contributed by atoms with Gasteiger partial charge in [0.05, 0.1) is 0 Å². The van der Waals surface area contributed by atoms with E-state index in [2.05, 4.69) is 4.98 Å². The van der Waals surface area contributed by atoms with Crippen LogP contribution in [0.1, 0.15) is 19.4 Å². The standard InChI is InChI=1S/C10H8FN.C2H6/c1-7-2-3-9-8(6-7)4-5-12-10(9)11;1-2/h2-6H,1H3;1-2H3. The highest BCUT2D eigenvalue weighted by Crippen LogP contribution is 2.16. The summed E-state index contributed by atoms with van der Waals surface area (Å²) in [6.45, 7) is 5.98. The van der Waals surface area contributed by atoms with E-state index in [4.69, 9.17) is 0 Å². The molecule has 0 N–H and O–H groups in total. The van der Waals surface area contributed by atoms with Crippen molar-refractivity contribution in [1.29, 1.82) is 0 Å². The number of rotatable bonds is 0. The van der Waals surface area contributed by atoms with Gasteiger partial charge in [-0.1, -0.05) is 31.5 Å². The van der Waals surface area contributed by atoms with Crippen molar-refractivity contribution in [3.05, 3.63) is 42.0 Å². The molecule has 1 aromatic carbocycles. The number of halogens is 1. The molecule has 0 fully saturated rings. The number of hydrogen-bond donors (Lipinski definition) is 0. The van der Waals surface area contributed by atoms with E-state index in [0.717, 1.165) is 10.9 Å². The Labute approximate surface area is 83.6 Å². The molecular weight excluding hydrogens is 177 g/mol. The lowest BCUT2D eigenvalue weighted by Gasteiger charge is -1.98. The third-order valence-corrected chi connectivity index (χ3v) is 1.87. The third-order valence-electron chi connectivity index (χ3n) is 1.87. The summed E-state index contributed by atoms with van der Waals surface area (Å²) in [7, 11) is 0. The van der Waals surface area contributed by atoms with Crippen LogP contribution in [-0.4, -0.2) is 4.98 Å². The fourth-order valence-electron chi connectivity index (χ4n) is 1.26. The minimum Gasteiger partial charge on any atom is -0.228 e. The van der Waals surface area contributed by atoms with Crippen LogP contribution in [0.3, 0.4) is 0 Å². The molecule has 0 amide bonds. The van der Waals surface area contributed by atoms with Crippen LogP contribution in [0.2, 0.25) is 0 Å². The molecule has 0 saturated heterocycles. The molecule has 1 heterocycles. The number of aryl methyl sites for hydroxylation is 1. The zero-order valence-corrected chi connectivity index (χ0v) is 8.71. The van der Waals surface area contributed by atoms with E-state index in [1.165, 1.54) is 6.20 Å². The van der Waals surface area contributed by atoms with Crippen LogP contribution in [-0.2, 0) is 0 Å². The number of pyridine rings is 1. The molecule has 1 nitrogen and oxygen atoms in total. The van der Waals surface area contributed by atoms with Gasteiger partial charge in [-0.25, -0.2) is 4.98 Å². The molecule has 0 radical (unpaired) electrons. The van der Waals surface area contributed by atoms with Crippen molar-refractivity contribution in [1.82, 2.24) is 4.98 Å². The fourth-order valence-corrected chi connectivity index (χ4v) is 1.26. The first kappa shape index (κ1) is 10.6. The molecule has 0 saturated carbocycles. The second kappa shape index (κ2) is 4.70. The van der Waals surface area contributed by atoms with E-state index in [0.29, 0.717) is 5.39 Å². The second-order valence-corrected chi connectivity index (χ2v) is 2.83. The van der Waals surface area contributed by atoms with Gasteiger partial charge in [0.25, 0.3) is 0 Å². The van der Waals surface area contributed by atoms with Gasteiger partial charge in [0.2, 0.25) is 5.95 Å². The van der Waals surface area contributed by atoms with E-state index < -0.39 is 5.95 Å². The predicted molar refractivity (Wildman–Crippen MR) is 57.8 cm³/mol. The molecule has 2 rings (SSSR count). The van der Waals surface area contributed by atoms with Gasteiger partial charge < -0.3 is 0 Å². The Morgan fingerprint density at radius 3 is 2.57 bits per heavy atom. The Kier molecular flexibility index (Phi) is 3.57. The smallest absolute Gasteiger partial charge is 0.220 e. The number of fused-ring (bicyclic) bond motifs is 1. The van der Waals surface area contributed by atoms with Gasteiger partial charge in [-0.2, -0.15) is 4.39 Å². The van der Waals surface area contributed by atoms with Crippen LogP contribution in [0.15, 0.2) is 30.5 Å². The summed E-state index contributed by atoms with van der Waals surface area (Å²) in [5.74, 6) is -0.396. The molecule has 2 heteroatoms. The van der Waals surface area contributed by atoms with E-state index in [1.807, 2.05) is 39.0 Å². The zero-order chi connectivity index (χ0) is 10.6. The number of hydrogen-bond acceptors (Lipinski definition) is 1. The van der Waals surface area contributed by atoms with Crippen LogP contribution in [0, 0.1) is 12.9 Å². The first-order chi connectivity index (χ1) is 6.77. The Hall–Kier alpha value is -1.44. The lowest BCUT2D eigenvalue weighted by Crippen LogP contribution is -1.84. The Morgan fingerprint density at radius 2 is 1.86 bits per heavy atom. The molecule has 0 unspecified atom stereocenters. The minimum atomic E-state index is -0.396. The van der Waals surface area contributed by atoms with Crippen LogP contribution in [0.5, 0.6) is 0 Å². The molecule has 1 aromatic heterocycles. The van der Waals surface area contributed by atoms with Crippen molar-refractivity contribution >= 4 is 10.8 Å². The van der Waals surface area contributed by atoms with E-state index in [9.17, 15) is 4.39 Å². The monoisotopic (exact) mass is 191 g/mol. The molecule has 0 aliphatic rings. The number of aromatic nitrogens is 1. The lowest BCUT2D eigenvalue weighted by atomic mass is 10.1. The average Bonchev–Trinajstić information content (AvgIpc) is 2.21. The van der Waals surface area contributed by atoms with Crippen molar-refractivity contribution in [3.63, 3.8) is 0 Å². The quantitative estimate of drug-likeness (QED) is 0.578. The van der Waals surface area contributed by atoms with Gasteiger partial charge in [0.1, 0.15) is 0 Å². The molecule has 2 aromatic rings. The van der Waals surface area contributed by atoms with Gasteiger partial charge in [0.15, 0.2) is 0 Å².